The first-order valence-electron chi connectivity index (χ1n) is 10.7. The second kappa shape index (κ2) is 8.30. The Bertz CT molecular complexity index is 921. The van der Waals surface area contributed by atoms with Crippen LogP contribution in [-0.4, -0.2) is 41.0 Å². The third kappa shape index (κ3) is 4.17. The van der Waals surface area contributed by atoms with Gasteiger partial charge in [-0.1, -0.05) is 18.6 Å². The summed E-state index contributed by atoms with van der Waals surface area (Å²) in [5.74, 6) is 1.76. The number of nitrogens with zero attached hydrogens (tertiary/aromatic N) is 2. The molecule has 30 heavy (non-hydrogen) atoms. The van der Waals surface area contributed by atoms with Crippen molar-refractivity contribution in [1.29, 1.82) is 0 Å². The highest BCUT2D eigenvalue weighted by atomic mass is 32.1. The maximum atomic E-state index is 13.4. The maximum Gasteiger partial charge on any atom is 0.242 e. The fourth-order valence-electron chi connectivity index (χ4n) is 3.99. The minimum atomic E-state index is 0.000593. The number of thiophene rings is 1. The van der Waals surface area contributed by atoms with Gasteiger partial charge in [0.15, 0.2) is 11.5 Å². The molecule has 2 heterocycles. The van der Waals surface area contributed by atoms with Gasteiger partial charge < -0.3 is 19.3 Å². The van der Waals surface area contributed by atoms with Crippen LogP contribution in [0, 0.1) is 5.92 Å². The zero-order valence-electron chi connectivity index (χ0n) is 16.9. The highest BCUT2D eigenvalue weighted by Gasteiger charge is 2.39. The van der Waals surface area contributed by atoms with Gasteiger partial charge in [0.25, 0.3) is 0 Å². The lowest BCUT2D eigenvalue weighted by Gasteiger charge is -2.33. The zero-order chi connectivity index (χ0) is 20.5. The average molecular weight is 427 g/mol. The van der Waals surface area contributed by atoms with Gasteiger partial charge in [-0.2, -0.15) is 0 Å². The molecule has 2 saturated carbocycles. The van der Waals surface area contributed by atoms with E-state index in [0.29, 0.717) is 13.1 Å². The second-order valence-electron chi connectivity index (χ2n) is 8.34. The number of fused-ring (bicyclic) bond motifs is 1. The van der Waals surface area contributed by atoms with Gasteiger partial charge in [-0.25, -0.2) is 0 Å². The molecule has 6 nitrogen and oxygen atoms in total. The quantitative estimate of drug-likeness (QED) is 0.644. The van der Waals surface area contributed by atoms with Gasteiger partial charge in [0, 0.05) is 23.4 Å². The summed E-state index contributed by atoms with van der Waals surface area (Å²) in [7, 11) is 0. The van der Waals surface area contributed by atoms with Gasteiger partial charge in [0.2, 0.25) is 18.6 Å². The molecular formula is C23H26N2O4S. The van der Waals surface area contributed by atoms with E-state index in [4.69, 9.17) is 9.47 Å². The van der Waals surface area contributed by atoms with Crippen LogP contribution >= 0.6 is 11.3 Å². The van der Waals surface area contributed by atoms with Crippen LogP contribution in [0.3, 0.4) is 0 Å². The second-order valence-corrected chi connectivity index (χ2v) is 9.37. The minimum absolute atomic E-state index is 0.000593. The Morgan fingerprint density at radius 3 is 2.57 bits per heavy atom. The molecule has 0 N–H and O–H groups in total. The van der Waals surface area contributed by atoms with E-state index < -0.39 is 0 Å². The molecule has 1 aliphatic heterocycles. The first-order chi connectivity index (χ1) is 14.7. The summed E-state index contributed by atoms with van der Waals surface area (Å²) in [6, 6.07) is 10.1. The van der Waals surface area contributed by atoms with E-state index in [0.717, 1.165) is 54.0 Å². The van der Waals surface area contributed by atoms with Crippen molar-refractivity contribution in [2.24, 2.45) is 5.92 Å². The van der Waals surface area contributed by atoms with Crippen LogP contribution < -0.4 is 9.47 Å². The minimum Gasteiger partial charge on any atom is -0.454 e. The molecule has 0 spiro atoms. The molecule has 0 atom stereocenters. The maximum absolute atomic E-state index is 13.4. The molecule has 0 saturated heterocycles. The van der Waals surface area contributed by atoms with Crippen molar-refractivity contribution in [3.8, 4) is 11.5 Å². The van der Waals surface area contributed by atoms with Crippen LogP contribution in [0.5, 0.6) is 11.5 Å². The summed E-state index contributed by atoms with van der Waals surface area (Å²) >= 11 is 1.64. The van der Waals surface area contributed by atoms with Gasteiger partial charge in [-0.15, -0.1) is 11.3 Å². The number of rotatable bonds is 8. The molecular weight excluding hydrogens is 400 g/mol. The normalized spacial score (nSPS) is 17.5. The van der Waals surface area contributed by atoms with E-state index in [2.05, 4.69) is 0 Å². The highest BCUT2D eigenvalue weighted by molar-refractivity contribution is 7.09. The number of benzene rings is 1. The van der Waals surface area contributed by atoms with Crippen LogP contribution in [0.1, 0.15) is 42.5 Å². The van der Waals surface area contributed by atoms with Crippen molar-refractivity contribution in [2.45, 2.75) is 51.2 Å². The summed E-state index contributed by atoms with van der Waals surface area (Å²) in [6.07, 6.45) is 5.08. The summed E-state index contributed by atoms with van der Waals surface area (Å²) in [5, 5.41) is 2.02. The molecule has 158 valence electrons. The number of hydrogen-bond acceptors (Lipinski definition) is 5. The van der Waals surface area contributed by atoms with Gasteiger partial charge in [-0.3, -0.25) is 9.59 Å². The average Bonchev–Trinajstić information content (AvgIpc) is 3.20. The van der Waals surface area contributed by atoms with E-state index in [1.165, 1.54) is 0 Å². The standard InChI is InChI=1S/C23H26N2O4S/c26-22(14-25(18-7-8-18)23(27)17-3-1-4-17)24(13-19-5-2-10-30-19)12-16-6-9-20-21(11-16)29-15-28-20/h2,5-6,9-11,17-18H,1,3-4,7-8,12-15H2. The predicted molar refractivity (Wildman–Crippen MR) is 113 cm³/mol. The molecule has 1 aromatic heterocycles. The molecule has 7 heteroatoms. The van der Waals surface area contributed by atoms with Crippen LogP contribution in [-0.2, 0) is 22.7 Å². The Labute approximate surface area is 180 Å². The van der Waals surface area contributed by atoms with E-state index >= 15 is 0 Å². The Kier molecular flexibility index (Phi) is 5.37. The number of amides is 2. The lowest BCUT2D eigenvalue weighted by atomic mass is 9.84. The summed E-state index contributed by atoms with van der Waals surface area (Å²) in [6.45, 7) is 1.43. The van der Waals surface area contributed by atoms with Crippen LogP contribution in [0.25, 0.3) is 0 Å². The largest absolute Gasteiger partial charge is 0.454 e. The van der Waals surface area contributed by atoms with Crippen LogP contribution in [0.2, 0.25) is 0 Å². The summed E-state index contributed by atoms with van der Waals surface area (Å²) in [4.78, 5) is 31.1. The van der Waals surface area contributed by atoms with Crippen molar-refractivity contribution in [2.75, 3.05) is 13.3 Å². The Morgan fingerprint density at radius 2 is 1.87 bits per heavy atom. The molecule has 5 rings (SSSR count). The van der Waals surface area contributed by atoms with E-state index in [1.54, 1.807) is 11.3 Å². The van der Waals surface area contributed by atoms with Crippen molar-refractivity contribution in [1.82, 2.24) is 9.80 Å². The van der Waals surface area contributed by atoms with Crippen molar-refractivity contribution in [3.63, 3.8) is 0 Å². The first kappa shape index (κ1) is 19.4. The number of carbonyl (C=O) groups is 2. The third-order valence-electron chi connectivity index (χ3n) is 6.12. The van der Waals surface area contributed by atoms with Gasteiger partial charge >= 0.3 is 0 Å². The van der Waals surface area contributed by atoms with Gasteiger partial charge in [0.1, 0.15) is 6.54 Å². The molecule has 3 aliphatic rings. The lowest BCUT2D eigenvalue weighted by Crippen LogP contribution is -2.46. The predicted octanol–water partition coefficient (Wildman–Crippen LogP) is 3.80. The molecule has 0 bridgehead atoms. The molecule has 2 aliphatic carbocycles. The molecule has 1 aromatic carbocycles. The summed E-state index contributed by atoms with van der Waals surface area (Å²) < 4.78 is 10.9. The third-order valence-corrected chi connectivity index (χ3v) is 6.98. The van der Waals surface area contributed by atoms with Crippen LogP contribution in [0.15, 0.2) is 35.7 Å². The van der Waals surface area contributed by atoms with Gasteiger partial charge in [0.05, 0.1) is 6.54 Å². The lowest BCUT2D eigenvalue weighted by molar-refractivity contribution is -0.145. The Hall–Kier alpha value is -2.54. The molecule has 2 fully saturated rings. The molecule has 0 unspecified atom stereocenters. The number of hydrogen-bond donors (Lipinski definition) is 0. The Morgan fingerprint density at radius 1 is 1.03 bits per heavy atom. The monoisotopic (exact) mass is 426 g/mol. The van der Waals surface area contributed by atoms with Crippen molar-refractivity contribution < 1.29 is 19.1 Å². The van der Waals surface area contributed by atoms with Gasteiger partial charge in [-0.05, 0) is 54.8 Å². The van der Waals surface area contributed by atoms with E-state index in [9.17, 15) is 9.59 Å². The summed E-state index contributed by atoms with van der Waals surface area (Å²) in [5.41, 5.74) is 0.993. The zero-order valence-corrected chi connectivity index (χ0v) is 17.7. The topological polar surface area (TPSA) is 59.1 Å². The van der Waals surface area contributed by atoms with Crippen molar-refractivity contribution >= 4 is 23.2 Å². The first-order valence-corrected chi connectivity index (χ1v) is 11.5. The van der Waals surface area contributed by atoms with E-state index in [1.807, 2.05) is 45.5 Å². The highest BCUT2D eigenvalue weighted by Crippen LogP contribution is 2.35. The van der Waals surface area contributed by atoms with Crippen LogP contribution in [0.4, 0.5) is 0 Å². The molecule has 2 aromatic rings. The number of ether oxygens (including phenoxy) is 2. The van der Waals surface area contributed by atoms with Crippen molar-refractivity contribution in [3.05, 3.63) is 46.2 Å². The van der Waals surface area contributed by atoms with E-state index in [-0.39, 0.29) is 37.1 Å². The Balaban J connectivity index is 1.32. The smallest absolute Gasteiger partial charge is 0.242 e. The fraction of sp³-hybridized carbons (Fsp3) is 0.478. The molecule has 2 amide bonds. The SMILES string of the molecule is O=C(CN(C(=O)C1CCC1)C1CC1)N(Cc1ccc2c(c1)OCO2)Cc1cccs1. The fourth-order valence-corrected chi connectivity index (χ4v) is 4.71. The molecule has 0 radical (unpaired) electrons. The number of carbonyl (C=O) groups excluding carboxylic acids is 2.